The van der Waals surface area contributed by atoms with Crippen molar-refractivity contribution < 1.29 is 19.1 Å². The fraction of sp³-hybridized carbons (Fsp3) is 0.385. The van der Waals surface area contributed by atoms with E-state index < -0.39 is 29.3 Å². The summed E-state index contributed by atoms with van der Waals surface area (Å²) < 4.78 is 13.4. The molecule has 1 atom stereocenters. The minimum Gasteiger partial charge on any atom is -0.480 e. The van der Waals surface area contributed by atoms with Crippen LogP contribution in [0.2, 0.25) is 5.02 Å². The summed E-state index contributed by atoms with van der Waals surface area (Å²) in [7, 11) is 0. The fourth-order valence-electron chi connectivity index (χ4n) is 1.59. The van der Waals surface area contributed by atoms with Crippen LogP contribution in [0, 0.1) is 11.2 Å². The van der Waals surface area contributed by atoms with Crippen LogP contribution in [0.25, 0.3) is 0 Å². The molecule has 0 saturated heterocycles. The molecule has 116 valence electrons. The maximum atomic E-state index is 13.1. The van der Waals surface area contributed by atoms with E-state index in [1.807, 2.05) is 0 Å². The first kappa shape index (κ1) is 17.7. The summed E-state index contributed by atoms with van der Waals surface area (Å²) in [4.78, 5) is 23.1. The lowest BCUT2D eigenvalue weighted by molar-refractivity contribution is -0.141. The van der Waals surface area contributed by atoms with Crippen molar-refractivity contribution in [1.82, 2.24) is 5.32 Å². The number of nitrogens with one attached hydrogen (secondary N) is 2. The molecule has 0 aliphatic heterocycles. The number of carbonyl (C=O) groups excluding carboxylic acids is 1. The van der Waals surface area contributed by atoms with Gasteiger partial charge in [-0.05, 0) is 33.5 Å². The molecule has 0 aromatic heterocycles. The van der Waals surface area contributed by atoms with Crippen LogP contribution in [-0.2, 0) is 4.79 Å². The van der Waals surface area contributed by atoms with E-state index in [-0.39, 0.29) is 15.2 Å². The molecular weight excluding hydrogens is 367 g/mol. The van der Waals surface area contributed by atoms with Crippen molar-refractivity contribution in [2.75, 3.05) is 5.32 Å². The zero-order chi connectivity index (χ0) is 16.4. The van der Waals surface area contributed by atoms with E-state index in [0.717, 1.165) is 12.1 Å². The third-order valence-electron chi connectivity index (χ3n) is 2.63. The first-order valence-corrected chi connectivity index (χ1v) is 7.14. The number of carboxylic acids is 1. The highest BCUT2D eigenvalue weighted by Crippen LogP contribution is 2.31. The van der Waals surface area contributed by atoms with Crippen molar-refractivity contribution in [2.24, 2.45) is 5.41 Å². The van der Waals surface area contributed by atoms with E-state index in [4.69, 9.17) is 16.7 Å². The Morgan fingerprint density at radius 2 is 1.95 bits per heavy atom. The van der Waals surface area contributed by atoms with Crippen molar-refractivity contribution in [2.45, 2.75) is 26.8 Å². The lowest BCUT2D eigenvalue weighted by atomic mass is 9.87. The lowest BCUT2D eigenvalue weighted by Crippen LogP contribution is -2.50. The normalized spacial score (nSPS) is 12.7. The van der Waals surface area contributed by atoms with E-state index in [9.17, 15) is 14.0 Å². The van der Waals surface area contributed by atoms with Crippen LogP contribution in [0.5, 0.6) is 0 Å². The van der Waals surface area contributed by atoms with Gasteiger partial charge < -0.3 is 15.7 Å². The van der Waals surface area contributed by atoms with Crippen LogP contribution in [0.1, 0.15) is 20.8 Å². The van der Waals surface area contributed by atoms with Gasteiger partial charge in [-0.3, -0.25) is 0 Å². The molecule has 8 heteroatoms. The number of carbonyl (C=O) groups is 2. The molecule has 0 aliphatic rings. The Balaban J connectivity index is 2.90. The molecule has 0 bridgehead atoms. The largest absolute Gasteiger partial charge is 0.480 e. The number of benzene rings is 1. The number of carboxylic acid groups (broad SMARTS) is 1. The molecule has 0 saturated carbocycles. The van der Waals surface area contributed by atoms with Crippen LogP contribution < -0.4 is 10.6 Å². The predicted molar refractivity (Wildman–Crippen MR) is 82.1 cm³/mol. The smallest absolute Gasteiger partial charge is 0.326 e. The highest BCUT2D eigenvalue weighted by atomic mass is 79.9. The van der Waals surface area contributed by atoms with Gasteiger partial charge in [-0.25, -0.2) is 14.0 Å². The summed E-state index contributed by atoms with van der Waals surface area (Å²) >= 11 is 8.92. The Morgan fingerprint density at radius 3 is 2.38 bits per heavy atom. The Morgan fingerprint density at radius 1 is 1.38 bits per heavy atom. The molecule has 21 heavy (non-hydrogen) atoms. The molecule has 0 heterocycles. The molecule has 1 unspecified atom stereocenters. The number of urea groups is 1. The molecule has 5 nitrogen and oxygen atoms in total. The third-order valence-corrected chi connectivity index (χ3v) is 3.56. The summed E-state index contributed by atoms with van der Waals surface area (Å²) in [6.45, 7) is 5.06. The Bertz CT molecular complexity index is 552. The monoisotopic (exact) mass is 380 g/mol. The van der Waals surface area contributed by atoms with Gasteiger partial charge in [0.05, 0.1) is 10.7 Å². The van der Waals surface area contributed by atoms with Crippen LogP contribution in [0.15, 0.2) is 16.6 Å². The minimum absolute atomic E-state index is 0.000316. The van der Waals surface area contributed by atoms with Gasteiger partial charge in [0.25, 0.3) is 0 Å². The predicted octanol–water partition coefficient (Wildman–Crippen LogP) is 3.86. The number of aliphatic carboxylic acids is 1. The Labute approximate surface area is 135 Å². The second-order valence-electron chi connectivity index (χ2n) is 5.48. The van der Waals surface area contributed by atoms with Crippen LogP contribution in [0.3, 0.4) is 0 Å². The lowest BCUT2D eigenvalue weighted by Gasteiger charge is -2.27. The standard InChI is InChI=1S/C13H15BrClFN2O3/c1-13(2,3)10(11(19)20)18-12(21)17-9-7(14)4-6(16)5-8(9)15/h4-5,10H,1-3H3,(H,19,20)(H2,17,18,21). The van der Waals surface area contributed by atoms with Crippen molar-refractivity contribution in [3.8, 4) is 0 Å². The summed E-state index contributed by atoms with van der Waals surface area (Å²) in [5, 5.41) is 13.9. The number of hydrogen-bond acceptors (Lipinski definition) is 2. The number of halogens is 3. The average molecular weight is 382 g/mol. The molecule has 2 amide bonds. The van der Waals surface area contributed by atoms with Crippen molar-refractivity contribution in [3.05, 3.63) is 27.4 Å². The van der Waals surface area contributed by atoms with E-state index in [1.165, 1.54) is 0 Å². The van der Waals surface area contributed by atoms with E-state index in [2.05, 4.69) is 26.6 Å². The highest BCUT2D eigenvalue weighted by Gasteiger charge is 2.32. The Hall–Kier alpha value is -1.34. The summed E-state index contributed by atoms with van der Waals surface area (Å²) in [5.41, 5.74) is -0.513. The maximum absolute atomic E-state index is 13.1. The average Bonchev–Trinajstić information content (AvgIpc) is 2.28. The first-order chi connectivity index (χ1) is 9.52. The topological polar surface area (TPSA) is 78.4 Å². The summed E-state index contributed by atoms with van der Waals surface area (Å²) in [6.07, 6.45) is 0. The van der Waals surface area contributed by atoms with Gasteiger partial charge in [-0.15, -0.1) is 0 Å². The number of hydrogen-bond donors (Lipinski definition) is 3. The quantitative estimate of drug-likeness (QED) is 0.744. The zero-order valence-corrected chi connectivity index (χ0v) is 14.0. The SMILES string of the molecule is CC(C)(C)C(NC(=O)Nc1c(Cl)cc(F)cc1Br)C(=O)O. The molecular formula is C13H15BrClFN2O3. The molecule has 0 radical (unpaired) electrons. The van der Waals surface area contributed by atoms with Crippen molar-refractivity contribution in [1.29, 1.82) is 0 Å². The second kappa shape index (κ2) is 6.62. The van der Waals surface area contributed by atoms with Crippen LogP contribution >= 0.6 is 27.5 Å². The fourth-order valence-corrected chi connectivity index (χ4v) is 2.49. The molecule has 1 rings (SSSR count). The highest BCUT2D eigenvalue weighted by molar-refractivity contribution is 9.10. The molecule has 1 aromatic carbocycles. The third kappa shape index (κ3) is 4.86. The number of amides is 2. The van der Waals surface area contributed by atoms with Crippen molar-refractivity contribution in [3.63, 3.8) is 0 Å². The molecule has 0 spiro atoms. The maximum Gasteiger partial charge on any atom is 0.326 e. The van der Waals surface area contributed by atoms with Gasteiger partial charge >= 0.3 is 12.0 Å². The second-order valence-corrected chi connectivity index (χ2v) is 6.74. The first-order valence-electron chi connectivity index (χ1n) is 5.97. The van der Waals surface area contributed by atoms with Crippen LogP contribution in [-0.4, -0.2) is 23.1 Å². The van der Waals surface area contributed by atoms with E-state index in [1.54, 1.807) is 20.8 Å². The van der Waals surface area contributed by atoms with Gasteiger partial charge in [0, 0.05) is 4.47 Å². The molecule has 3 N–H and O–H groups in total. The zero-order valence-electron chi connectivity index (χ0n) is 11.6. The molecule has 1 aromatic rings. The van der Waals surface area contributed by atoms with E-state index in [0.29, 0.717) is 0 Å². The number of anilines is 1. The Kier molecular flexibility index (Phi) is 5.58. The van der Waals surface area contributed by atoms with E-state index >= 15 is 0 Å². The molecule has 0 aliphatic carbocycles. The van der Waals surface area contributed by atoms with Gasteiger partial charge in [0.15, 0.2) is 0 Å². The van der Waals surface area contributed by atoms with Gasteiger partial charge in [0.2, 0.25) is 0 Å². The van der Waals surface area contributed by atoms with Gasteiger partial charge in [-0.1, -0.05) is 32.4 Å². The summed E-state index contributed by atoms with van der Waals surface area (Å²) in [5.74, 6) is -1.71. The number of rotatable bonds is 3. The minimum atomic E-state index is -1.15. The summed E-state index contributed by atoms with van der Waals surface area (Å²) in [6, 6.07) is 0.349. The van der Waals surface area contributed by atoms with Gasteiger partial charge in [-0.2, -0.15) is 0 Å². The van der Waals surface area contributed by atoms with Crippen molar-refractivity contribution >= 4 is 45.2 Å². The van der Waals surface area contributed by atoms with Gasteiger partial charge in [0.1, 0.15) is 11.9 Å². The van der Waals surface area contributed by atoms with Crippen LogP contribution in [0.4, 0.5) is 14.9 Å². The molecule has 0 fully saturated rings.